The zero-order valence-electron chi connectivity index (χ0n) is 8.57. The Morgan fingerprint density at radius 3 is 2.73 bits per heavy atom. The molecule has 0 radical (unpaired) electrons. The Kier molecular flexibility index (Phi) is 1.72. The average Bonchev–Trinajstić information content (AvgIpc) is 2.26. The molecule has 1 aromatic heterocycles. The summed E-state index contributed by atoms with van der Waals surface area (Å²) < 4.78 is 0. The molecule has 1 heterocycles. The Balaban J connectivity index is 2.47. The lowest BCUT2D eigenvalue weighted by Crippen LogP contribution is -1.80. The fourth-order valence-electron chi connectivity index (χ4n) is 1.94. The Labute approximate surface area is 88.4 Å². The van der Waals surface area contributed by atoms with E-state index in [-0.39, 0.29) is 0 Å². The summed E-state index contributed by atoms with van der Waals surface area (Å²) in [6.07, 6.45) is 1.84. The van der Waals surface area contributed by atoms with E-state index in [4.69, 9.17) is 0 Å². The van der Waals surface area contributed by atoms with E-state index in [9.17, 15) is 0 Å². The maximum atomic E-state index is 4.35. The molecule has 3 rings (SSSR count). The molecule has 3 aromatic rings. The van der Waals surface area contributed by atoms with Gasteiger partial charge in [-0.3, -0.25) is 4.98 Å². The van der Waals surface area contributed by atoms with Crippen molar-refractivity contribution in [3.05, 3.63) is 54.2 Å². The molecule has 72 valence electrons. The number of aromatic nitrogens is 1. The minimum Gasteiger partial charge on any atom is -0.256 e. The van der Waals surface area contributed by atoms with Crippen LogP contribution < -0.4 is 0 Å². The number of aryl methyl sites for hydroxylation is 1. The molecule has 1 nitrogen and oxygen atoms in total. The van der Waals surface area contributed by atoms with Crippen LogP contribution >= 0.6 is 0 Å². The van der Waals surface area contributed by atoms with Gasteiger partial charge < -0.3 is 0 Å². The van der Waals surface area contributed by atoms with Gasteiger partial charge in [-0.05, 0) is 35.9 Å². The molecule has 0 unspecified atom stereocenters. The molecule has 2 aromatic carbocycles. The second kappa shape index (κ2) is 3.06. The molecular weight excluding hydrogens is 182 g/mol. The van der Waals surface area contributed by atoms with Gasteiger partial charge in [-0.1, -0.05) is 29.8 Å². The number of rotatable bonds is 0. The summed E-state index contributed by atoms with van der Waals surface area (Å²) in [6, 6.07) is 14.9. The Morgan fingerprint density at radius 1 is 0.867 bits per heavy atom. The number of benzene rings is 2. The van der Waals surface area contributed by atoms with Crippen LogP contribution in [0.5, 0.6) is 0 Å². The first-order valence-corrected chi connectivity index (χ1v) is 5.08. The predicted octanol–water partition coefficient (Wildman–Crippen LogP) is 3.70. The molecule has 0 spiro atoms. The predicted molar refractivity (Wildman–Crippen MR) is 64.0 cm³/mol. The van der Waals surface area contributed by atoms with Gasteiger partial charge in [0.25, 0.3) is 0 Å². The van der Waals surface area contributed by atoms with Crippen molar-refractivity contribution in [1.82, 2.24) is 4.98 Å². The van der Waals surface area contributed by atoms with Gasteiger partial charge >= 0.3 is 0 Å². The average molecular weight is 193 g/mol. The van der Waals surface area contributed by atoms with E-state index in [0.29, 0.717) is 0 Å². The topological polar surface area (TPSA) is 12.9 Å². The molecule has 1 heteroatoms. The van der Waals surface area contributed by atoms with Gasteiger partial charge in [-0.25, -0.2) is 0 Å². The van der Waals surface area contributed by atoms with Gasteiger partial charge in [0.1, 0.15) is 0 Å². The third-order valence-corrected chi connectivity index (χ3v) is 2.72. The monoisotopic (exact) mass is 193 g/mol. The summed E-state index contributed by atoms with van der Waals surface area (Å²) in [4.78, 5) is 4.35. The molecule has 0 saturated heterocycles. The van der Waals surface area contributed by atoms with Gasteiger partial charge in [0.2, 0.25) is 0 Å². The standard InChI is InChI=1S/C14H11N/c1-10-4-5-11-9-14-12(3-2-6-15-14)8-13(11)7-10/h2-9H,1H3. The van der Waals surface area contributed by atoms with Crippen molar-refractivity contribution < 1.29 is 0 Å². The fourth-order valence-corrected chi connectivity index (χ4v) is 1.94. The van der Waals surface area contributed by atoms with Crippen LogP contribution in [-0.4, -0.2) is 4.98 Å². The highest BCUT2D eigenvalue weighted by molar-refractivity contribution is 5.96. The van der Waals surface area contributed by atoms with Crippen molar-refractivity contribution in [1.29, 1.82) is 0 Å². The van der Waals surface area contributed by atoms with Crippen molar-refractivity contribution in [2.24, 2.45) is 0 Å². The third-order valence-electron chi connectivity index (χ3n) is 2.72. The smallest absolute Gasteiger partial charge is 0.0708 e. The maximum Gasteiger partial charge on any atom is 0.0708 e. The zero-order chi connectivity index (χ0) is 10.3. The first-order valence-electron chi connectivity index (χ1n) is 5.08. The summed E-state index contributed by atoms with van der Waals surface area (Å²) in [5.74, 6) is 0. The first kappa shape index (κ1) is 8.42. The van der Waals surface area contributed by atoms with Crippen molar-refractivity contribution in [3.63, 3.8) is 0 Å². The van der Waals surface area contributed by atoms with Crippen LogP contribution in [0, 0.1) is 6.92 Å². The Bertz CT molecular complexity index is 641. The van der Waals surface area contributed by atoms with Gasteiger partial charge in [0.05, 0.1) is 5.52 Å². The van der Waals surface area contributed by atoms with E-state index in [0.717, 1.165) is 5.52 Å². The van der Waals surface area contributed by atoms with Crippen LogP contribution in [0.1, 0.15) is 5.56 Å². The van der Waals surface area contributed by atoms with E-state index < -0.39 is 0 Å². The molecule has 0 aliphatic heterocycles. The second-order valence-corrected chi connectivity index (χ2v) is 3.90. The SMILES string of the molecule is Cc1ccc2cc3ncccc3cc2c1. The minimum absolute atomic E-state index is 1.06. The molecule has 0 amide bonds. The molecule has 0 aliphatic carbocycles. The van der Waals surface area contributed by atoms with Gasteiger partial charge in [-0.2, -0.15) is 0 Å². The molecule has 0 saturated carbocycles. The number of fused-ring (bicyclic) bond motifs is 2. The van der Waals surface area contributed by atoms with E-state index in [2.05, 4.69) is 48.3 Å². The molecule has 0 atom stereocenters. The number of pyridine rings is 1. The van der Waals surface area contributed by atoms with E-state index in [1.807, 2.05) is 12.3 Å². The molecule has 0 fully saturated rings. The van der Waals surface area contributed by atoms with Crippen molar-refractivity contribution in [3.8, 4) is 0 Å². The number of nitrogens with zero attached hydrogens (tertiary/aromatic N) is 1. The Morgan fingerprint density at radius 2 is 1.80 bits per heavy atom. The molecule has 0 aliphatic rings. The molecule has 15 heavy (non-hydrogen) atoms. The highest BCUT2D eigenvalue weighted by Crippen LogP contribution is 2.21. The second-order valence-electron chi connectivity index (χ2n) is 3.90. The third kappa shape index (κ3) is 1.37. The Hall–Kier alpha value is -1.89. The van der Waals surface area contributed by atoms with Crippen molar-refractivity contribution >= 4 is 21.7 Å². The summed E-state index contributed by atoms with van der Waals surface area (Å²) in [6.45, 7) is 2.12. The summed E-state index contributed by atoms with van der Waals surface area (Å²) in [5.41, 5.74) is 2.36. The van der Waals surface area contributed by atoms with E-state index >= 15 is 0 Å². The van der Waals surface area contributed by atoms with Crippen LogP contribution in [-0.2, 0) is 0 Å². The van der Waals surface area contributed by atoms with Gasteiger partial charge in [-0.15, -0.1) is 0 Å². The normalized spacial score (nSPS) is 11.0. The van der Waals surface area contributed by atoms with Crippen LogP contribution in [0.4, 0.5) is 0 Å². The van der Waals surface area contributed by atoms with Gasteiger partial charge in [0.15, 0.2) is 0 Å². The minimum atomic E-state index is 1.06. The first-order chi connectivity index (χ1) is 7.33. The molecular formula is C14H11N. The van der Waals surface area contributed by atoms with Crippen molar-refractivity contribution in [2.75, 3.05) is 0 Å². The number of hydrogen-bond donors (Lipinski definition) is 0. The van der Waals surface area contributed by atoms with Crippen LogP contribution in [0.2, 0.25) is 0 Å². The molecule has 0 N–H and O–H groups in total. The van der Waals surface area contributed by atoms with E-state index in [1.165, 1.54) is 21.7 Å². The quantitative estimate of drug-likeness (QED) is 0.496. The highest BCUT2D eigenvalue weighted by atomic mass is 14.6. The lowest BCUT2D eigenvalue weighted by Gasteiger charge is -2.02. The van der Waals surface area contributed by atoms with Crippen LogP contribution in [0.15, 0.2) is 48.7 Å². The largest absolute Gasteiger partial charge is 0.256 e. The number of hydrogen-bond acceptors (Lipinski definition) is 1. The summed E-state index contributed by atoms with van der Waals surface area (Å²) in [7, 11) is 0. The highest BCUT2D eigenvalue weighted by Gasteiger charge is 1.98. The van der Waals surface area contributed by atoms with Crippen LogP contribution in [0.25, 0.3) is 21.7 Å². The summed E-state index contributed by atoms with van der Waals surface area (Å²) >= 11 is 0. The maximum absolute atomic E-state index is 4.35. The lowest BCUT2D eigenvalue weighted by atomic mass is 10.0. The zero-order valence-corrected chi connectivity index (χ0v) is 8.57. The molecule has 0 bridgehead atoms. The summed E-state index contributed by atoms with van der Waals surface area (Å²) in [5, 5.41) is 3.75. The van der Waals surface area contributed by atoms with E-state index in [1.54, 1.807) is 0 Å². The van der Waals surface area contributed by atoms with Gasteiger partial charge in [0, 0.05) is 11.6 Å². The van der Waals surface area contributed by atoms with Crippen molar-refractivity contribution in [2.45, 2.75) is 6.92 Å². The fraction of sp³-hybridized carbons (Fsp3) is 0.0714. The van der Waals surface area contributed by atoms with Crippen LogP contribution in [0.3, 0.4) is 0 Å². The lowest BCUT2D eigenvalue weighted by molar-refractivity contribution is 1.42.